The van der Waals surface area contributed by atoms with Gasteiger partial charge in [0, 0.05) is 28.2 Å². The molecule has 7 rings (SSSR count). The van der Waals surface area contributed by atoms with Crippen LogP contribution in [0.3, 0.4) is 0 Å². The predicted molar refractivity (Wildman–Crippen MR) is 175 cm³/mol. The van der Waals surface area contributed by atoms with E-state index in [1.165, 1.54) is 11.1 Å². The van der Waals surface area contributed by atoms with E-state index in [4.69, 9.17) is 5.10 Å². The number of aromatic nitrogens is 2. The number of hydrogen-bond acceptors (Lipinski definition) is 2. The Hall–Kier alpha value is -5.67. The highest BCUT2D eigenvalue weighted by atomic mass is 15.3. The summed E-state index contributed by atoms with van der Waals surface area (Å²) >= 11 is 0. The third kappa shape index (κ3) is 5.12. The van der Waals surface area contributed by atoms with Gasteiger partial charge in [0.25, 0.3) is 0 Å². The van der Waals surface area contributed by atoms with Crippen LogP contribution in [0.4, 0.5) is 17.1 Å². The lowest BCUT2D eigenvalue weighted by atomic mass is 10.0. The van der Waals surface area contributed by atoms with E-state index in [9.17, 15) is 0 Å². The van der Waals surface area contributed by atoms with E-state index in [2.05, 4.69) is 161 Å². The molecular formula is C39H29N3. The third-order valence-electron chi connectivity index (χ3n) is 7.45. The topological polar surface area (TPSA) is 21.1 Å². The van der Waals surface area contributed by atoms with E-state index in [1.807, 2.05) is 24.3 Å². The first-order valence-electron chi connectivity index (χ1n) is 14.2. The molecule has 42 heavy (non-hydrogen) atoms. The highest BCUT2D eigenvalue weighted by Crippen LogP contribution is 2.36. The number of rotatable bonds is 7. The molecule has 6 aromatic carbocycles. The SMILES string of the molecule is c1ccc(-c2ccc(-c3cc(-c4ccccc4)nn3-c3ccc(N(c4ccccc4)c4ccccc4)cc3)cc2)cc1. The fourth-order valence-electron chi connectivity index (χ4n) is 5.34. The third-order valence-corrected chi connectivity index (χ3v) is 7.45. The second-order valence-corrected chi connectivity index (χ2v) is 10.2. The van der Waals surface area contributed by atoms with Crippen LogP contribution in [0.2, 0.25) is 0 Å². The summed E-state index contributed by atoms with van der Waals surface area (Å²) in [5, 5.41) is 5.10. The Morgan fingerprint density at radius 2 is 0.810 bits per heavy atom. The van der Waals surface area contributed by atoms with E-state index in [0.717, 1.165) is 45.3 Å². The maximum atomic E-state index is 5.10. The molecule has 0 aliphatic heterocycles. The van der Waals surface area contributed by atoms with Crippen molar-refractivity contribution in [3.63, 3.8) is 0 Å². The van der Waals surface area contributed by atoms with Crippen LogP contribution in [0.1, 0.15) is 0 Å². The average Bonchev–Trinajstić information content (AvgIpc) is 3.53. The Balaban J connectivity index is 1.30. The van der Waals surface area contributed by atoms with Crippen molar-refractivity contribution in [2.45, 2.75) is 0 Å². The quantitative estimate of drug-likeness (QED) is 0.201. The molecule has 1 aromatic heterocycles. The lowest BCUT2D eigenvalue weighted by Crippen LogP contribution is -2.10. The zero-order valence-electron chi connectivity index (χ0n) is 23.1. The number of benzene rings is 6. The summed E-state index contributed by atoms with van der Waals surface area (Å²) in [6.45, 7) is 0. The molecular weight excluding hydrogens is 510 g/mol. The highest BCUT2D eigenvalue weighted by molar-refractivity contribution is 5.78. The summed E-state index contributed by atoms with van der Waals surface area (Å²) in [6, 6.07) is 61.3. The van der Waals surface area contributed by atoms with Gasteiger partial charge in [-0.15, -0.1) is 0 Å². The zero-order chi connectivity index (χ0) is 28.1. The molecule has 0 saturated heterocycles. The largest absolute Gasteiger partial charge is 0.311 e. The number of anilines is 3. The van der Waals surface area contributed by atoms with E-state index in [-0.39, 0.29) is 0 Å². The first kappa shape index (κ1) is 25.3. The van der Waals surface area contributed by atoms with Crippen LogP contribution in [0.5, 0.6) is 0 Å². The molecule has 0 bridgehead atoms. The first-order valence-corrected chi connectivity index (χ1v) is 14.2. The number of hydrogen-bond donors (Lipinski definition) is 0. The van der Waals surface area contributed by atoms with E-state index in [1.54, 1.807) is 0 Å². The zero-order valence-corrected chi connectivity index (χ0v) is 23.1. The summed E-state index contributed by atoms with van der Waals surface area (Å²) in [5.74, 6) is 0. The summed E-state index contributed by atoms with van der Waals surface area (Å²) in [7, 11) is 0. The van der Waals surface area contributed by atoms with Gasteiger partial charge in [-0.05, 0) is 65.7 Å². The second-order valence-electron chi connectivity index (χ2n) is 10.2. The molecule has 0 aliphatic rings. The molecule has 0 saturated carbocycles. The molecule has 0 aliphatic carbocycles. The van der Waals surface area contributed by atoms with Crippen molar-refractivity contribution >= 4 is 17.1 Å². The highest BCUT2D eigenvalue weighted by Gasteiger charge is 2.16. The Labute approximate surface area is 246 Å². The van der Waals surface area contributed by atoms with Crippen LogP contribution in [-0.4, -0.2) is 9.78 Å². The van der Waals surface area contributed by atoms with Crippen molar-refractivity contribution in [2.75, 3.05) is 4.90 Å². The van der Waals surface area contributed by atoms with Crippen LogP contribution in [0.15, 0.2) is 176 Å². The van der Waals surface area contributed by atoms with Gasteiger partial charge in [-0.25, -0.2) is 4.68 Å². The molecule has 0 atom stereocenters. The van der Waals surface area contributed by atoms with Crippen molar-refractivity contribution < 1.29 is 0 Å². The smallest absolute Gasteiger partial charge is 0.0934 e. The molecule has 0 spiro atoms. The van der Waals surface area contributed by atoms with Gasteiger partial charge < -0.3 is 4.90 Å². The summed E-state index contributed by atoms with van der Waals surface area (Å²) in [5.41, 5.74) is 10.9. The van der Waals surface area contributed by atoms with Crippen molar-refractivity contribution in [1.29, 1.82) is 0 Å². The van der Waals surface area contributed by atoms with E-state index >= 15 is 0 Å². The Morgan fingerprint density at radius 3 is 1.36 bits per heavy atom. The normalized spacial score (nSPS) is 10.9. The van der Waals surface area contributed by atoms with Crippen LogP contribution >= 0.6 is 0 Å². The van der Waals surface area contributed by atoms with E-state index < -0.39 is 0 Å². The van der Waals surface area contributed by atoms with Gasteiger partial charge in [0.2, 0.25) is 0 Å². The molecule has 0 N–H and O–H groups in total. The molecule has 3 heteroatoms. The molecule has 1 heterocycles. The van der Waals surface area contributed by atoms with Crippen LogP contribution in [0.25, 0.3) is 39.3 Å². The van der Waals surface area contributed by atoms with Gasteiger partial charge in [0.1, 0.15) is 0 Å². The van der Waals surface area contributed by atoms with Gasteiger partial charge in [-0.1, -0.05) is 121 Å². The maximum absolute atomic E-state index is 5.10. The minimum Gasteiger partial charge on any atom is -0.311 e. The minimum atomic E-state index is 0.942. The molecule has 3 nitrogen and oxygen atoms in total. The lowest BCUT2D eigenvalue weighted by Gasteiger charge is -2.25. The number of para-hydroxylation sites is 2. The fourth-order valence-corrected chi connectivity index (χ4v) is 5.34. The molecule has 0 radical (unpaired) electrons. The number of nitrogens with zero attached hydrogens (tertiary/aromatic N) is 3. The monoisotopic (exact) mass is 539 g/mol. The molecule has 7 aromatic rings. The summed E-state index contributed by atoms with van der Waals surface area (Å²) in [4.78, 5) is 2.27. The molecule has 0 fully saturated rings. The second kappa shape index (κ2) is 11.4. The maximum Gasteiger partial charge on any atom is 0.0934 e. The van der Waals surface area contributed by atoms with Gasteiger partial charge in [0.05, 0.1) is 17.1 Å². The van der Waals surface area contributed by atoms with Crippen LogP contribution in [0, 0.1) is 0 Å². The van der Waals surface area contributed by atoms with Crippen LogP contribution in [-0.2, 0) is 0 Å². The standard InChI is InChI=1S/C39H29N3/c1-5-13-30(14-6-1)31-21-23-33(24-22-31)39-29-38(32-15-7-2-8-16-32)40-42(39)37-27-25-36(26-28-37)41(34-17-9-3-10-18-34)35-19-11-4-12-20-35/h1-29H. The molecule has 0 amide bonds. The first-order chi connectivity index (χ1) is 20.8. The predicted octanol–water partition coefficient (Wildman–Crippen LogP) is 10.3. The van der Waals surface area contributed by atoms with Gasteiger partial charge in [-0.3, -0.25) is 0 Å². The van der Waals surface area contributed by atoms with Gasteiger partial charge in [0.15, 0.2) is 0 Å². The summed E-state index contributed by atoms with van der Waals surface area (Å²) in [6.07, 6.45) is 0. The minimum absolute atomic E-state index is 0.942. The van der Waals surface area contributed by atoms with Gasteiger partial charge >= 0.3 is 0 Å². The molecule has 200 valence electrons. The van der Waals surface area contributed by atoms with Crippen LogP contribution < -0.4 is 4.90 Å². The van der Waals surface area contributed by atoms with Crippen molar-refractivity contribution in [1.82, 2.24) is 9.78 Å². The van der Waals surface area contributed by atoms with E-state index in [0.29, 0.717) is 0 Å². The Bertz CT molecular complexity index is 1840. The molecule has 0 unspecified atom stereocenters. The lowest BCUT2D eigenvalue weighted by molar-refractivity contribution is 0.892. The Kier molecular flexibility index (Phi) is 6.89. The van der Waals surface area contributed by atoms with Crippen molar-refractivity contribution in [3.05, 3.63) is 176 Å². The van der Waals surface area contributed by atoms with Crippen molar-refractivity contribution in [2.24, 2.45) is 0 Å². The fraction of sp³-hybridized carbons (Fsp3) is 0. The average molecular weight is 540 g/mol. The Morgan fingerprint density at radius 1 is 0.381 bits per heavy atom. The summed E-state index contributed by atoms with van der Waals surface area (Å²) < 4.78 is 2.05. The van der Waals surface area contributed by atoms with Gasteiger partial charge in [-0.2, -0.15) is 5.10 Å². The van der Waals surface area contributed by atoms with Crippen molar-refractivity contribution in [3.8, 4) is 39.3 Å².